The third kappa shape index (κ3) is 8.12. The SMILES string of the molecule is COc1ccc(N(CC(=O)N(Cc2ccc(Br)cc2)C(C)C(=O)NCC(C)C)S(C)(=O)=O)c(OC)c1. The summed E-state index contributed by atoms with van der Waals surface area (Å²) in [5, 5.41) is 2.85. The van der Waals surface area contributed by atoms with Crippen LogP contribution in [0.1, 0.15) is 26.3 Å². The highest BCUT2D eigenvalue weighted by Crippen LogP contribution is 2.33. The molecule has 36 heavy (non-hydrogen) atoms. The molecule has 1 atom stereocenters. The molecule has 1 unspecified atom stereocenters. The van der Waals surface area contributed by atoms with Crippen LogP contribution in [0.4, 0.5) is 5.69 Å². The van der Waals surface area contributed by atoms with Gasteiger partial charge in [0.2, 0.25) is 21.8 Å². The Morgan fingerprint density at radius 3 is 2.19 bits per heavy atom. The fourth-order valence-corrected chi connectivity index (χ4v) is 4.52. The summed E-state index contributed by atoms with van der Waals surface area (Å²) in [7, 11) is -0.998. The number of nitrogens with one attached hydrogen (secondary N) is 1. The molecule has 0 heterocycles. The summed E-state index contributed by atoms with van der Waals surface area (Å²) in [6, 6.07) is 11.2. The number of hydrogen-bond acceptors (Lipinski definition) is 6. The maximum Gasteiger partial charge on any atom is 0.244 e. The predicted octanol–water partition coefficient (Wildman–Crippen LogP) is 3.42. The van der Waals surface area contributed by atoms with Crippen molar-refractivity contribution in [2.75, 3.05) is 37.9 Å². The molecular weight excluding hydrogens is 550 g/mol. The second kappa shape index (κ2) is 13.0. The van der Waals surface area contributed by atoms with Gasteiger partial charge >= 0.3 is 0 Å². The largest absolute Gasteiger partial charge is 0.497 e. The molecule has 0 saturated carbocycles. The molecule has 11 heteroatoms. The smallest absolute Gasteiger partial charge is 0.244 e. The number of halogens is 1. The second-order valence-electron chi connectivity index (χ2n) is 8.77. The first-order valence-corrected chi connectivity index (χ1v) is 14.0. The molecule has 0 aliphatic heterocycles. The van der Waals surface area contributed by atoms with Crippen LogP contribution in [0.15, 0.2) is 46.9 Å². The van der Waals surface area contributed by atoms with Crippen molar-refractivity contribution in [1.82, 2.24) is 10.2 Å². The molecule has 198 valence electrons. The quantitative estimate of drug-likeness (QED) is 0.410. The Bertz CT molecular complexity index is 1150. The minimum absolute atomic E-state index is 0.125. The standard InChI is InChI=1S/C25H34BrN3O6S/c1-17(2)14-27-25(31)18(3)28(15-19-7-9-20(26)10-8-19)24(30)16-29(36(6,32)33)22-12-11-21(34-4)13-23(22)35-5/h7-13,17-18H,14-16H2,1-6H3,(H,27,31). The molecule has 0 radical (unpaired) electrons. The van der Waals surface area contributed by atoms with E-state index in [4.69, 9.17) is 9.47 Å². The van der Waals surface area contributed by atoms with Gasteiger partial charge in [-0.2, -0.15) is 0 Å². The number of amides is 2. The van der Waals surface area contributed by atoms with Crippen molar-refractivity contribution in [3.63, 3.8) is 0 Å². The molecule has 2 aromatic rings. The third-order valence-electron chi connectivity index (χ3n) is 5.45. The highest BCUT2D eigenvalue weighted by atomic mass is 79.9. The topological polar surface area (TPSA) is 105 Å². The first-order valence-electron chi connectivity index (χ1n) is 11.4. The Hall–Kier alpha value is -2.79. The normalized spacial score (nSPS) is 12.1. The molecule has 0 aliphatic carbocycles. The van der Waals surface area contributed by atoms with E-state index in [0.29, 0.717) is 12.3 Å². The monoisotopic (exact) mass is 583 g/mol. The number of hydrogen-bond donors (Lipinski definition) is 1. The van der Waals surface area contributed by atoms with Crippen molar-refractivity contribution in [2.24, 2.45) is 5.92 Å². The lowest BCUT2D eigenvalue weighted by molar-refractivity contribution is -0.139. The van der Waals surface area contributed by atoms with Crippen LogP contribution in [-0.2, 0) is 26.2 Å². The number of nitrogens with zero attached hydrogens (tertiary/aromatic N) is 2. The van der Waals surface area contributed by atoms with Gasteiger partial charge in [0.1, 0.15) is 24.1 Å². The van der Waals surface area contributed by atoms with Crippen LogP contribution in [0.5, 0.6) is 11.5 Å². The summed E-state index contributed by atoms with van der Waals surface area (Å²) in [5.74, 6) is 0.0907. The highest BCUT2D eigenvalue weighted by molar-refractivity contribution is 9.10. The number of rotatable bonds is 12. The van der Waals surface area contributed by atoms with Crippen LogP contribution in [-0.4, -0.2) is 64.7 Å². The van der Waals surface area contributed by atoms with Gasteiger partial charge in [0.15, 0.2) is 0 Å². The van der Waals surface area contributed by atoms with Gasteiger partial charge in [-0.3, -0.25) is 13.9 Å². The fraction of sp³-hybridized carbons (Fsp3) is 0.440. The molecule has 2 aromatic carbocycles. The Morgan fingerprint density at radius 2 is 1.67 bits per heavy atom. The second-order valence-corrected chi connectivity index (χ2v) is 11.6. The predicted molar refractivity (Wildman–Crippen MR) is 144 cm³/mol. The lowest BCUT2D eigenvalue weighted by Crippen LogP contribution is -2.51. The van der Waals surface area contributed by atoms with E-state index >= 15 is 0 Å². The molecule has 1 N–H and O–H groups in total. The summed E-state index contributed by atoms with van der Waals surface area (Å²) in [4.78, 5) is 27.9. The first-order chi connectivity index (χ1) is 16.9. The van der Waals surface area contributed by atoms with Gasteiger partial charge < -0.3 is 19.7 Å². The van der Waals surface area contributed by atoms with Crippen LogP contribution < -0.4 is 19.1 Å². The van der Waals surface area contributed by atoms with Gasteiger partial charge in [-0.25, -0.2) is 8.42 Å². The van der Waals surface area contributed by atoms with Crippen molar-refractivity contribution < 1.29 is 27.5 Å². The lowest BCUT2D eigenvalue weighted by Gasteiger charge is -2.32. The van der Waals surface area contributed by atoms with E-state index in [0.717, 1.165) is 20.6 Å². The van der Waals surface area contributed by atoms with Crippen molar-refractivity contribution in [2.45, 2.75) is 33.4 Å². The van der Waals surface area contributed by atoms with Crippen molar-refractivity contribution in [3.05, 3.63) is 52.5 Å². The molecule has 0 fully saturated rings. The fourth-order valence-electron chi connectivity index (χ4n) is 3.41. The number of methoxy groups -OCH3 is 2. The molecule has 0 bridgehead atoms. The van der Waals surface area contributed by atoms with Gasteiger partial charge in [-0.1, -0.05) is 41.9 Å². The molecule has 9 nitrogen and oxygen atoms in total. The average molecular weight is 585 g/mol. The van der Waals surface area contributed by atoms with Crippen LogP contribution in [0.2, 0.25) is 0 Å². The van der Waals surface area contributed by atoms with E-state index in [1.165, 1.54) is 25.2 Å². The van der Waals surface area contributed by atoms with Gasteiger partial charge in [0.25, 0.3) is 0 Å². The van der Waals surface area contributed by atoms with Crippen LogP contribution in [0, 0.1) is 5.92 Å². The lowest BCUT2D eigenvalue weighted by atomic mass is 10.1. The molecule has 0 aliphatic rings. The minimum Gasteiger partial charge on any atom is -0.497 e. The maximum atomic E-state index is 13.6. The summed E-state index contributed by atoms with van der Waals surface area (Å²) in [5.41, 5.74) is 0.984. The summed E-state index contributed by atoms with van der Waals surface area (Å²) in [6.07, 6.45) is 1.02. The number of anilines is 1. The van der Waals surface area contributed by atoms with E-state index in [1.807, 2.05) is 38.1 Å². The zero-order chi connectivity index (χ0) is 27.0. The van der Waals surface area contributed by atoms with E-state index in [-0.39, 0.29) is 29.8 Å². The maximum absolute atomic E-state index is 13.6. The van der Waals surface area contributed by atoms with E-state index in [1.54, 1.807) is 19.1 Å². The van der Waals surface area contributed by atoms with Crippen molar-refractivity contribution >= 4 is 43.5 Å². The van der Waals surface area contributed by atoms with Crippen LogP contribution in [0.3, 0.4) is 0 Å². The Kier molecular flexibility index (Phi) is 10.6. The van der Waals surface area contributed by atoms with Gasteiger partial charge in [-0.05, 0) is 42.7 Å². The zero-order valence-electron chi connectivity index (χ0n) is 21.4. The Morgan fingerprint density at radius 1 is 1.03 bits per heavy atom. The third-order valence-corrected chi connectivity index (χ3v) is 7.11. The van der Waals surface area contributed by atoms with Crippen molar-refractivity contribution in [3.8, 4) is 11.5 Å². The zero-order valence-corrected chi connectivity index (χ0v) is 23.9. The molecule has 0 spiro atoms. The van der Waals surface area contributed by atoms with Gasteiger partial charge in [0, 0.05) is 23.6 Å². The van der Waals surface area contributed by atoms with Gasteiger partial charge in [-0.15, -0.1) is 0 Å². The molecule has 0 saturated heterocycles. The number of ether oxygens (including phenoxy) is 2. The Labute approximate surface area is 221 Å². The van der Waals surface area contributed by atoms with Crippen LogP contribution in [0.25, 0.3) is 0 Å². The summed E-state index contributed by atoms with van der Waals surface area (Å²) >= 11 is 3.39. The number of benzene rings is 2. The number of carbonyl (C=O) groups excluding carboxylic acids is 2. The van der Waals surface area contributed by atoms with E-state index < -0.39 is 28.5 Å². The molecular formula is C25H34BrN3O6S. The minimum atomic E-state index is -3.89. The number of sulfonamides is 1. The summed E-state index contributed by atoms with van der Waals surface area (Å²) < 4.78 is 38.0. The van der Waals surface area contributed by atoms with Crippen LogP contribution >= 0.6 is 15.9 Å². The first kappa shape index (κ1) is 29.4. The highest BCUT2D eigenvalue weighted by Gasteiger charge is 2.31. The molecule has 0 aromatic heterocycles. The van der Waals surface area contributed by atoms with E-state index in [2.05, 4.69) is 21.2 Å². The summed E-state index contributed by atoms with van der Waals surface area (Å²) in [6.45, 7) is 5.65. The average Bonchev–Trinajstić information content (AvgIpc) is 2.83. The molecule has 2 rings (SSSR count). The van der Waals surface area contributed by atoms with Gasteiger partial charge in [0.05, 0.1) is 26.2 Å². The van der Waals surface area contributed by atoms with Crippen molar-refractivity contribution in [1.29, 1.82) is 0 Å². The Balaban J connectivity index is 2.43. The molecule has 2 amide bonds. The van der Waals surface area contributed by atoms with E-state index in [9.17, 15) is 18.0 Å². The number of carbonyl (C=O) groups is 2.